The fourth-order valence-electron chi connectivity index (χ4n) is 2.48. The molecule has 90 valence electrons. The second kappa shape index (κ2) is 5.19. The van der Waals surface area contributed by atoms with Gasteiger partial charge in [0.2, 0.25) is 0 Å². The number of hydrogen-bond donors (Lipinski definition) is 1. The van der Waals surface area contributed by atoms with Crippen LogP contribution >= 0.6 is 11.6 Å². The van der Waals surface area contributed by atoms with Gasteiger partial charge >= 0.3 is 0 Å². The molecule has 1 fully saturated rings. The van der Waals surface area contributed by atoms with Crippen LogP contribution in [0.15, 0.2) is 0 Å². The normalized spacial score (nSPS) is 17.2. The fourth-order valence-corrected chi connectivity index (χ4v) is 2.82. The predicted molar refractivity (Wildman–Crippen MR) is 64.7 cm³/mol. The zero-order chi connectivity index (χ0) is 11.5. The molecule has 0 saturated heterocycles. The van der Waals surface area contributed by atoms with Crippen LogP contribution < -0.4 is 0 Å². The molecular weight excluding hydrogens is 224 g/mol. The van der Waals surface area contributed by atoms with E-state index in [1.165, 1.54) is 12.8 Å². The smallest absolute Gasteiger partial charge is 0.133 e. The van der Waals surface area contributed by atoms with E-state index < -0.39 is 0 Å². The molecule has 1 aromatic heterocycles. The van der Waals surface area contributed by atoms with Gasteiger partial charge in [-0.05, 0) is 19.3 Å². The second-order valence-corrected chi connectivity index (χ2v) is 4.87. The molecule has 1 N–H and O–H groups in total. The van der Waals surface area contributed by atoms with E-state index in [0.29, 0.717) is 11.2 Å². The standard InChI is InChI=1S/C12H19ClN2O/c1-2-5-11-10(8-16)12(13)15(14-11)9-6-3-4-7-9/h9,16H,2-8H2,1H3. The molecule has 1 aliphatic carbocycles. The summed E-state index contributed by atoms with van der Waals surface area (Å²) in [6, 6.07) is 0.448. The van der Waals surface area contributed by atoms with E-state index in [9.17, 15) is 5.11 Å². The van der Waals surface area contributed by atoms with Crippen LogP contribution in [0.1, 0.15) is 56.3 Å². The van der Waals surface area contributed by atoms with Crippen LogP contribution in [0.2, 0.25) is 5.15 Å². The Morgan fingerprint density at radius 1 is 1.44 bits per heavy atom. The topological polar surface area (TPSA) is 38.0 Å². The first-order valence-electron chi connectivity index (χ1n) is 6.14. The third-order valence-electron chi connectivity index (χ3n) is 3.34. The first kappa shape index (κ1) is 11.9. The van der Waals surface area contributed by atoms with Gasteiger partial charge in [0.25, 0.3) is 0 Å². The van der Waals surface area contributed by atoms with Crippen LogP contribution in [0.4, 0.5) is 0 Å². The van der Waals surface area contributed by atoms with Crippen LogP contribution in [-0.2, 0) is 13.0 Å². The first-order valence-corrected chi connectivity index (χ1v) is 6.52. The summed E-state index contributed by atoms with van der Waals surface area (Å²) >= 11 is 6.29. The fraction of sp³-hybridized carbons (Fsp3) is 0.750. The zero-order valence-electron chi connectivity index (χ0n) is 9.75. The third-order valence-corrected chi connectivity index (χ3v) is 3.74. The molecule has 3 nitrogen and oxygen atoms in total. The van der Waals surface area contributed by atoms with Gasteiger partial charge in [-0.15, -0.1) is 0 Å². The summed E-state index contributed by atoms with van der Waals surface area (Å²) in [4.78, 5) is 0. The Balaban J connectivity index is 2.30. The van der Waals surface area contributed by atoms with Crippen molar-refractivity contribution >= 4 is 11.6 Å². The van der Waals surface area contributed by atoms with Crippen molar-refractivity contribution in [3.63, 3.8) is 0 Å². The third kappa shape index (κ3) is 2.11. The lowest BCUT2D eigenvalue weighted by molar-refractivity contribution is 0.280. The Bertz CT molecular complexity index is 356. The molecule has 1 aromatic rings. The van der Waals surface area contributed by atoms with Crippen LogP contribution in [0, 0.1) is 0 Å². The van der Waals surface area contributed by atoms with E-state index in [2.05, 4.69) is 12.0 Å². The van der Waals surface area contributed by atoms with Gasteiger partial charge in [0.05, 0.1) is 18.3 Å². The van der Waals surface area contributed by atoms with E-state index >= 15 is 0 Å². The molecule has 2 rings (SSSR count). The monoisotopic (exact) mass is 242 g/mol. The van der Waals surface area contributed by atoms with Gasteiger partial charge in [-0.25, -0.2) is 0 Å². The van der Waals surface area contributed by atoms with Gasteiger partial charge in [-0.2, -0.15) is 5.10 Å². The van der Waals surface area contributed by atoms with E-state index in [1.807, 2.05) is 4.68 Å². The van der Waals surface area contributed by atoms with Gasteiger partial charge in [-0.1, -0.05) is 37.8 Å². The lowest BCUT2D eigenvalue weighted by atomic mass is 10.2. The van der Waals surface area contributed by atoms with Crippen LogP contribution in [-0.4, -0.2) is 14.9 Å². The average Bonchev–Trinajstić information content (AvgIpc) is 2.87. The minimum atomic E-state index is 0.000880. The summed E-state index contributed by atoms with van der Waals surface area (Å²) in [6.45, 7) is 2.12. The number of rotatable bonds is 4. The number of aryl methyl sites for hydroxylation is 1. The number of hydrogen-bond acceptors (Lipinski definition) is 2. The Morgan fingerprint density at radius 3 is 2.69 bits per heavy atom. The molecule has 0 bridgehead atoms. The summed E-state index contributed by atoms with van der Waals surface area (Å²) in [5.41, 5.74) is 1.80. The SMILES string of the molecule is CCCc1nn(C2CCCC2)c(Cl)c1CO. The van der Waals surface area contributed by atoms with E-state index in [-0.39, 0.29) is 6.61 Å². The van der Waals surface area contributed by atoms with Gasteiger partial charge in [-0.3, -0.25) is 4.68 Å². The first-order chi connectivity index (χ1) is 7.77. The summed E-state index contributed by atoms with van der Waals surface area (Å²) in [6.07, 6.45) is 6.78. The zero-order valence-corrected chi connectivity index (χ0v) is 10.5. The molecule has 1 saturated carbocycles. The molecule has 16 heavy (non-hydrogen) atoms. The van der Waals surface area contributed by atoms with Crippen molar-refractivity contribution in [2.75, 3.05) is 0 Å². The average molecular weight is 243 g/mol. The number of aromatic nitrogens is 2. The van der Waals surface area contributed by atoms with E-state index in [1.54, 1.807) is 0 Å². The van der Waals surface area contributed by atoms with Crippen molar-refractivity contribution in [3.05, 3.63) is 16.4 Å². The molecule has 0 aliphatic heterocycles. The van der Waals surface area contributed by atoms with Crippen LogP contribution in [0.5, 0.6) is 0 Å². The molecular formula is C12H19ClN2O. The van der Waals surface area contributed by atoms with Crippen LogP contribution in [0.3, 0.4) is 0 Å². The summed E-state index contributed by atoms with van der Waals surface area (Å²) in [5, 5.41) is 14.6. The molecule has 4 heteroatoms. The summed E-state index contributed by atoms with van der Waals surface area (Å²) in [5.74, 6) is 0. The molecule has 0 aromatic carbocycles. The van der Waals surface area contributed by atoms with Crippen molar-refractivity contribution in [1.82, 2.24) is 9.78 Å². The van der Waals surface area contributed by atoms with Crippen molar-refractivity contribution in [2.45, 2.75) is 58.1 Å². The minimum Gasteiger partial charge on any atom is -0.391 e. The van der Waals surface area contributed by atoms with Crippen molar-refractivity contribution in [2.24, 2.45) is 0 Å². The van der Waals surface area contributed by atoms with Crippen molar-refractivity contribution in [3.8, 4) is 0 Å². The summed E-state index contributed by atoms with van der Waals surface area (Å²) < 4.78 is 1.94. The molecule has 0 atom stereocenters. The van der Waals surface area contributed by atoms with Gasteiger partial charge in [0.1, 0.15) is 5.15 Å². The molecule has 0 radical (unpaired) electrons. The van der Waals surface area contributed by atoms with E-state index in [4.69, 9.17) is 11.6 Å². The second-order valence-electron chi connectivity index (χ2n) is 4.51. The van der Waals surface area contributed by atoms with Crippen molar-refractivity contribution in [1.29, 1.82) is 0 Å². The molecule has 0 spiro atoms. The Morgan fingerprint density at radius 2 is 2.12 bits per heavy atom. The number of aliphatic hydroxyl groups is 1. The maximum absolute atomic E-state index is 9.34. The summed E-state index contributed by atoms with van der Waals surface area (Å²) in [7, 11) is 0. The molecule has 0 unspecified atom stereocenters. The number of aliphatic hydroxyl groups excluding tert-OH is 1. The lowest BCUT2D eigenvalue weighted by Gasteiger charge is -2.10. The number of halogens is 1. The highest BCUT2D eigenvalue weighted by molar-refractivity contribution is 6.30. The molecule has 1 aliphatic rings. The lowest BCUT2D eigenvalue weighted by Crippen LogP contribution is -2.07. The highest BCUT2D eigenvalue weighted by Crippen LogP contribution is 2.33. The molecule has 0 amide bonds. The Kier molecular flexibility index (Phi) is 3.87. The quantitative estimate of drug-likeness (QED) is 0.881. The maximum Gasteiger partial charge on any atom is 0.133 e. The molecule has 1 heterocycles. The minimum absolute atomic E-state index is 0.000880. The highest BCUT2D eigenvalue weighted by Gasteiger charge is 2.23. The number of nitrogens with zero attached hydrogens (tertiary/aromatic N) is 2. The largest absolute Gasteiger partial charge is 0.391 e. The Hall–Kier alpha value is -0.540. The van der Waals surface area contributed by atoms with Crippen molar-refractivity contribution < 1.29 is 5.11 Å². The predicted octanol–water partition coefficient (Wildman–Crippen LogP) is 3.10. The van der Waals surface area contributed by atoms with Gasteiger partial charge in [0, 0.05) is 5.56 Å². The maximum atomic E-state index is 9.34. The Labute approximate surface area is 101 Å². The van der Waals surface area contributed by atoms with Crippen LogP contribution in [0.25, 0.3) is 0 Å². The highest BCUT2D eigenvalue weighted by atomic mass is 35.5. The van der Waals surface area contributed by atoms with E-state index in [0.717, 1.165) is 36.9 Å². The van der Waals surface area contributed by atoms with Gasteiger partial charge in [0.15, 0.2) is 0 Å². The van der Waals surface area contributed by atoms with Gasteiger partial charge < -0.3 is 5.11 Å².